The molecule has 0 nitrogen and oxygen atoms in total. The smallest absolute Gasteiger partial charge is 0.0386 e. The molecular formula is C26H58. The van der Waals surface area contributed by atoms with E-state index < -0.39 is 0 Å². The summed E-state index contributed by atoms with van der Waals surface area (Å²) in [5.74, 6) is 3.05. The normalized spacial score (nSPS) is 13.8. The minimum absolute atomic E-state index is 0.898. The summed E-state index contributed by atoms with van der Waals surface area (Å²) in [6.45, 7) is 25.8. The van der Waals surface area contributed by atoms with E-state index in [2.05, 4.69) is 61.6 Å². The van der Waals surface area contributed by atoms with Gasteiger partial charge in [-0.1, -0.05) is 139 Å². The Hall–Kier alpha value is -0.260. The first-order valence-electron chi connectivity index (χ1n) is 12.1. The maximum atomic E-state index is 3.00. The minimum Gasteiger partial charge on any atom is -0.106 e. The molecule has 0 saturated heterocycles. The lowest BCUT2D eigenvalue weighted by Gasteiger charge is -2.20. The van der Waals surface area contributed by atoms with Crippen molar-refractivity contribution < 1.29 is 0 Å². The largest absolute Gasteiger partial charge is 0.106 e. The van der Waals surface area contributed by atoms with Crippen molar-refractivity contribution in [2.24, 2.45) is 17.8 Å². The zero-order valence-electron chi connectivity index (χ0n) is 20.6. The fraction of sp³-hybridized carbons (Fsp3) is 0.923. The predicted octanol–water partition coefficient (Wildman–Crippen LogP) is 10.5. The van der Waals surface area contributed by atoms with Gasteiger partial charge in [0.1, 0.15) is 0 Å². The predicted molar refractivity (Wildman–Crippen MR) is 128 cm³/mol. The molecule has 0 aromatic carbocycles. The molecule has 0 aliphatic heterocycles. The molecule has 162 valence electrons. The van der Waals surface area contributed by atoms with Crippen LogP contribution >= 0.6 is 0 Å². The number of hydrogen-bond donors (Lipinski definition) is 0. The molecule has 1 saturated carbocycles. The van der Waals surface area contributed by atoms with Gasteiger partial charge in [-0.2, -0.15) is 0 Å². The summed E-state index contributed by atoms with van der Waals surface area (Å²) in [7, 11) is 0. The molecule has 1 rings (SSSR count). The Morgan fingerprint density at radius 1 is 0.731 bits per heavy atom. The van der Waals surface area contributed by atoms with E-state index in [1.54, 1.807) is 0 Å². The van der Waals surface area contributed by atoms with Crippen molar-refractivity contribution in [3.63, 3.8) is 0 Å². The average molecular weight is 371 g/mol. The minimum atomic E-state index is 0.898. The molecule has 0 amide bonds. The second kappa shape index (κ2) is 32.4. The Morgan fingerprint density at radius 2 is 1.15 bits per heavy atom. The lowest BCUT2D eigenvalue weighted by Crippen LogP contribution is -2.09. The van der Waals surface area contributed by atoms with Gasteiger partial charge in [0.25, 0.3) is 0 Å². The molecule has 0 heteroatoms. The van der Waals surface area contributed by atoms with Crippen LogP contribution in [0.2, 0.25) is 0 Å². The molecule has 0 radical (unpaired) electrons. The first kappa shape index (κ1) is 33.3. The molecule has 26 heavy (non-hydrogen) atoms. The molecular weight excluding hydrogens is 312 g/mol. The zero-order valence-corrected chi connectivity index (χ0v) is 20.6. The van der Waals surface area contributed by atoms with Crippen molar-refractivity contribution in [1.82, 2.24) is 0 Å². The summed E-state index contributed by atoms with van der Waals surface area (Å²) < 4.78 is 0. The Morgan fingerprint density at radius 3 is 1.35 bits per heavy atom. The van der Waals surface area contributed by atoms with E-state index in [9.17, 15) is 0 Å². The van der Waals surface area contributed by atoms with Crippen molar-refractivity contribution in [1.29, 1.82) is 0 Å². The maximum Gasteiger partial charge on any atom is -0.0386 e. The fourth-order valence-electron chi connectivity index (χ4n) is 3.50. The van der Waals surface area contributed by atoms with Crippen molar-refractivity contribution in [3.8, 4) is 0 Å². The molecule has 0 aromatic rings. The number of unbranched alkanes of at least 4 members (excludes halogenated alkanes) is 2. The third kappa shape index (κ3) is 28.5. The van der Waals surface area contributed by atoms with Gasteiger partial charge in [-0.05, 0) is 17.8 Å². The van der Waals surface area contributed by atoms with Gasteiger partial charge in [0, 0.05) is 0 Å². The van der Waals surface area contributed by atoms with E-state index in [-0.39, 0.29) is 0 Å². The summed E-state index contributed by atoms with van der Waals surface area (Å²) in [4.78, 5) is 0. The number of rotatable bonds is 8. The summed E-state index contributed by atoms with van der Waals surface area (Å²) in [6.07, 6.45) is 17.1. The lowest BCUT2D eigenvalue weighted by molar-refractivity contribution is 0.307. The third-order valence-corrected chi connectivity index (χ3v) is 4.82. The average Bonchev–Trinajstić information content (AvgIpc) is 3.19. The summed E-state index contributed by atoms with van der Waals surface area (Å²) in [5.41, 5.74) is 0. The molecule has 0 spiro atoms. The highest BCUT2D eigenvalue weighted by Crippen LogP contribution is 2.35. The number of hydrogen-bond acceptors (Lipinski definition) is 0. The van der Waals surface area contributed by atoms with E-state index >= 15 is 0 Å². The van der Waals surface area contributed by atoms with Crippen molar-refractivity contribution in [2.75, 3.05) is 0 Å². The van der Waals surface area contributed by atoms with Crippen LogP contribution in [0, 0.1) is 17.8 Å². The molecule has 0 N–H and O–H groups in total. The van der Waals surface area contributed by atoms with Gasteiger partial charge in [0.2, 0.25) is 0 Å². The molecule has 1 fully saturated rings. The van der Waals surface area contributed by atoms with Crippen LogP contribution in [-0.4, -0.2) is 0 Å². The molecule has 1 aliphatic rings. The molecule has 1 unspecified atom stereocenters. The van der Waals surface area contributed by atoms with E-state index in [4.69, 9.17) is 0 Å². The van der Waals surface area contributed by atoms with E-state index in [0.717, 1.165) is 17.8 Å². The fourth-order valence-corrected chi connectivity index (χ4v) is 3.50. The highest BCUT2D eigenvalue weighted by atomic mass is 14.3. The maximum absolute atomic E-state index is 3.00. The van der Waals surface area contributed by atoms with Gasteiger partial charge in [-0.3, -0.25) is 0 Å². The van der Waals surface area contributed by atoms with Crippen LogP contribution in [0.5, 0.6) is 0 Å². The first-order valence-corrected chi connectivity index (χ1v) is 12.1. The first-order chi connectivity index (χ1) is 12.6. The monoisotopic (exact) mass is 370 g/mol. The van der Waals surface area contributed by atoms with Crippen molar-refractivity contribution >= 4 is 0 Å². The van der Waals surface area contributed by atoms with Gasteiger partial charge >= 0.3 is 0 Å². The highest BCUT2D eigenvalue weighted by Gasteiger charge is 2.22. The lowest BCUT2D eigenvalue weighted by atomic mass is 9.85. The van der Waals surface area contributed by atoms with Gasteiger partial charge in [0.15, 0.2) is 0 Å². The van der Waals surface area contributed by atoms with Crippen LogP contribution in [0.1, 0.15) is 139 Å². The second-order valence-electron chi connectivity index (χ2n) is 7.54. The highest BCUT2D eigenvalue weighted by molar-refractivity contribution is 4.74. The van der Waals surface area contributed by atoms with Crippen molar-refractivity contribution in [2.45, 2.75) is 139 Å². The van der Waals surface area contributed by atoms with Crippen LogP contribution in [0.15, 0.2) is 13.2 Å². The standard InChI is InChI=1S/C11H22.C6H14.C5H12.C2H6.C2H4/c1-3-7-10(4-2)11-8-5-6-9-11;1-4-5-6(2)3;1-3-5-4-2;2*1-2/h10-11H,3-9H2,1-2H3;6H,4-5H2,1-3H3;3-5H2,1-2H3;1-2H3;1-2H2. The molecule has 1 atom stereocenters. The Balaban J connectivity index is -0.000000138. The Bertz CT molecular complexity index is 186. The topological polar surface area (TPSA) is 0 Å². The zero-order chi connectivity index (χ0) is 21.2. The molecule has 0 bridgehead atoms. The SMILES string of the molecule is C=C.CC.CCCC(C)C.CCCC(CC)C1CCCC1.CCCCC. The van der Waals surface area contributed by atoms with Crippen LogP contribution in [0.4, 0.5) is 0 Å². The summed E-state index contributed by atoms with van der Waals surface area (Å²) in [6, 6.07) is 0. The summed E-state index contributed by atoms with van der Waals surface area (Å²) in [5, 5.41) is 0. The quantitative estimate of drug-likeness (QED) is 0.373. The molecule has 1 aliphatic carbocycles. The van der Waals surface area contributed by atoms with Crippen LogP contribution in [0.3, 0.4) is 0 Å². The molecule has 0 aromatic heterocycles. The molecule has 0 heterocycles. The Kier molecular flexibility index (Phi) is 41.6. The van der Waals surface area contributed by atoms with Gasteiger partial charge in [-0.25, -0.2) is 0 Å². The van der Waals surface area contributed by atoms with Gasteiger partial charge in [-0.15, -0.1) is 13.2 Å². The third-order valence-electron chi connectivity index (χ3n) is 4.82. The van der Waals surface area contributed by atoms with Gasteiger partial charge in [0.05, 0.1) is 0 Å². The van der Waals surface area contributed by atoms with Crippen LogP contribution < -0.4 is 0 Å². The van der Waals surface area contributed by atoms with Gasteiger partial charge < -0.3 is 0 Å². The van der Waals surface area contributed by atoms with E-state index in [0.29, 0.717) is 0 Å². The van der Waals surface area contributed by atoms with Crippen LogP contribution in [0.25, 0.3) is 0 Å². The summed E-state index contributed by atoms with van der Waals surface area (Å²) >= 11 is 0. The van der Waals surface area contributed by atoms with Crippen LogP contribution in [-0.2, 0) is 0 Å². The Labute approximate surface area is 170 Å². The van der Waals surface area contributed by atoms with E-state index in [1.807, 2.05) is 13.8 Å². The second-order valence-corrected chi connectivity index (χ2v) is 7.54. The van der Waals surface area contributed by atoms with E-state index in [1.165, 1.54) is 77.0 Å². The van der Waals surface area contributed by atoms with Crippen molar-refractivity contribution in [3.05, 3.63) is 13.2 Å².